The first kappa shape index (κ1) is 13.2. The quantitative estimate of drug-likeness (QED) is 0.796. The summed E-state index contributed by atoms with van der Waals surface area (Å²) >= 11 is 0. The smallest absolute Gasteiger partial charge is 0.240 e. The standard InChI is InChI=1S/C14H13FN6/c1-2-17-13-18-12(10-4-3-5-11(15)8-10)19-14(20-13)21-7-6-16-9-21/h3-9H,2H2,1H3,(H,17,18,19,20). The van der Waals surface area contributed by atoms with Gasteiger partial charge >= 0.3 is 0 Å². The molecule has 2 heterocycles. The number of halogens is 1. The van der Waals surface area contributed by atoms with Crippen LogP contribution in [0.2, 0.25) is 0 Å². The minimum absolute atomic E-state index is 0.331. The van der Waals surface area contributed by atoms with Crippen molar-refractivity contribution < 1.29 is 4.39 Å². The number of nitrogens with zero attached hydrogens (tertiary/aromatic N) is 5. The molecule has 1 N–H and O–H groups in total. The molecule has 0 atom stereocenters. The van der Waals surface area contributed by atoms with Crippen LogP contribution < -0.4 is 5.32 Å². The first-order valence-corrected chi connectivity index (χ1v) is 6.50. The average Bonchev–Trinajstić information content (AvgIpc) is 3.01. The van der Waals surface area contributed by atoms with Crippen LogP contribution in [0.5, 0.6) is 0 Å². The largest absolute Gasteiger partial charge is 0.354 e. The van der Waals surface area contributed by atoms with Gasteiger partial charge in [-0.3, -0.25) is 4.57 Å². The number of imidazole rings is 1. The van der Waals surface area contributed by atoms with E-state index in [0.29, 0.717) is 29.8 Å². The lowest BCUT2D eigenvalue weighted by atomic mass is 10.2. The molecule has 1 aromatic carbocycles. The maximum atomic E-state index is 13.4. The van der Waals surface area contributed by atoms with E-state index in [0.717, 1.165) is 0 Å². The van der Waals surface area contributed by atoms with Crippen LogP contribution in [-0.4, -0.2) is 31.0 Å². The SMILES string of the molecule is CCNc1nc(-c2cccc(F)c2)nc(-n2ccnc2)n1. The second-order valence-electron chi connectivity index (χ2n) is 4.29. The zero-order valence-electron chi connectivity index (χ0n) is 11.4. The van der Waals surface area contributed by atoms with Crippen molar-refractivity contribution in [1.29, 1.82) is 0 Å². The Morgan fingerprint density at radius 1 is 1.24 bits per heavy atom. The highest BCUT2D eigenvalue weighted by Crippen LogP contribution is 2.18. The van der Waals surface area contributed by atoms with Crippen LogP contribution in [0.1, 0.15) is 6.92 Å². The van der Waals surface area contributed by atoms with Gasteiger partial charge in [0.15, 0.2) is 5.82 Å². The molecule has 0 fully saturated rings. The van der Waals surface area contributed by atoms with Crippen LogP contribution in [0.15, 0.2) is 43.0 Å². The van der Waals surface area contributed by atoms with Crippen molar-refractivity contribution in [1.82, 2.24) is 24.5 Å². The molecule has 3 rings (SSSR count). The maximum Gasteiger partial charge on any atom is 0.240 e. The summed E-state index contributed by atoms with van der Waals surface area (Å²) in [5, 5.41) is 3.04. The fraction of sp³-hybridized carbons (Fsp3) is 0.143. The molecule has 0 saturated carbocycles. The predicted molar refractivity (Wildman–Crippen MR) is 76.5 cm³/mol. The molecule has 3 aromatic rings. The molecule has 0 radical (unpaired) electrons. The second-order valence-corrected chi connectivity index (χ2v) is 4.29. The molecule has 0 bridgehead atoms. The number of benzene rings is 1. The van der Waals surface area contributed by atoms with Gasteiger partial charge in [0.2, 0.25) is 11.9 Å². The lowest BCUT2D eigenvalue weighted by Crippen LogP contribution is -2.09. The summed E-state index contributed by atoms with van der Waals surface area (Å²) in [6, 6.07) is 6.15. The zero-order chi connectivity index (χ0) is 14.7. The number of anilines is 1. The lowest BCUT2D eigenvalue weighted by molar-refractivity contribution is 0.628. The first-order valence-electron chi connectivity index (χ1n) is 6.50. The number of hydrogen-bond donors (Lipinski definition) is 1. The van der Waals surface area contributed by atoms with E-state index in [1.54, 1.807) is 35.4 Å². The molecular formula is C14H13FN6. The summed E-state index contributed by atoms with van der Waals surface area (Å²) < 4.78 is 15.0. The summed E-state index contributed by atoms with van der Waals surface area (Å²) in [6.45, 7) is 2.62. The molecule has 2 aromatic heterocycles. The van der Waals surface area contributed by atoms with E-state index in [1.165, 1.54) is 12.1 Å². The summed E-state index contributed by atoms with van der Waals surface area (Å²) in [4.78, 5) is 17.0. The molecule has 0 amide bonds. The van der Waals surface area contributed by atoms with E-state index in [-0.39, 0.29) is 5.82 Å². The molecule has 0 saturated heterocycles. The van der Waals surface area contributed by atoms with Gasteiger partial charge in [-0.05, 0) is 19.1 Å². The van der Waals surface area contributed by atoms with Crippen molar-refractivity contribution in [3.63, 3.8) is 0 Å². The summed E-state index contributed by atoms with van der Waals surface area (Å²) in [6.07, 6.45) is 4.97. The first-order chi connectivity index (χ1) is 10.3. The van der Waals surface area contributed by atoms with E-state index in [9.17, 15) is 4.39 Å². The van der Waals surface area contributed by atoms with Crippen molar-refractivity contribution >= 4 is 5.95 Å². The Hall–Kier alpha value is -2.83. The van der Waals surface area contributed by atoms with E-state index < -0.39 is 0 Å². The van der Waals surface area contributed by atoms with Crippen molar-refractivity contribution in [3.8, 4) is 17.3 Å². The Kier molecular flexibility index (Phi) is 3.55. The van der Waals surface area contributed by atoms with Crippen LogP contribution in [0, 0.1) is 5.82 Å². The van der Waals surface area contributed by atoms with Gasteiger partial charge in [-0.1, -0.05) is 12.1 Å². The molecule has 0 spiro atoms. The number of aromatic nitrogens is 5. The minimum Gasteiger partial charge on any atom is -0.354 e. The van der Waals surface area contributed by atoms with E-state index in [2.05, 4.69) is 25.3 Å². The van der Waals surface area contributed by atoms with Crippen molar-refractivity contribution in [2.45, 2.75) is 6.92 Å². The zero-order valence-corrected chi connectivity index (χ0v) is 11.4. The van der Waals surface area contributed by atoms with Gasteiger partial charge < -0.3 is 5.32 Å². The van der Waals surface area contributed by atoms with Gasteiger partial charge in [0.05, 0.1) is 0 Å². The summed E-state index contributed by atoms with van der Waals surface area (Å²) in [7, 11) is 0. The summed E-state index contributed by atoms with van der Waals surface area (Å²) in [5.41, 5.74) is 0.595. The van der Waals surface area contributed by atoms with Crippen LogP contribution in [0.4, 0.5) is 10.3 Å². The molecule has 0 unspecified atom stereocenters. The van der Waals surface area contributed by atoms with E-state index >= 15 is 0 Å². The van der Waals surface area contributed by atoms with Gasteiger partial charge in [0.25, 0.3) is 0 Å². The van der Waals surface area contributed by atoms with Crippen LogP contribution in [0.3, 0.4) is 0 Å². The third kappa shape index (κ3) is 2.86. The lowest BCUT2D eigenvalue weighted by Gasteiger charge is -2.08. The Morgan fingerprint density at radius 2 is 2.14 bits per heavy atom. The van der Waals surface area contributed by atoms with Gasteiger partial charge in [0, 0.05) is 24.5 Å². The van der Waals surface area contributed by atoms with E-state index in [4.69, 9.17) is 0 Å². The number of hydrogen-bond acceptors (Lipinski definition) is 5. The fourth-order valence-corrected chi connectivity index (χ4v) is 1.85. The Bertz CT molecular complexity index is 741. The Labute approximate surface area is 120 Å². The van der Waals surface area contributed by atoms with Gasteiger partial charge in [0.1, 0.15) is 12.1 Å². The molecule has 106 valence electrons. The highest BCUT2D eigenvalue weighted by Gasteiger charge is 2.10. The number of nitrogens with one attached hydrogen (secondary N) is 1. The Balaban J connectivity index is 2.11. The van der Waals surface area contributed by atoms with Gasteiger partial charge in [-0.25, -0.2) is 9.37 Å². The minimum atomic E-state index is -0.331. The van der Waals surface area contributed by atoms with Crippen LogP contribution in [0.25, 0.3) is 17.3 Å². The summed E-state index contributed by atoms with van der Waals surface area (Å²) in [5.74, 6) is 0.944. The fourth-order valence-electron chi connectivity index (χ4n) is 1.85. The second kappa shape index (κ2) is 5.66. The van der Waals surface area contributed by atoms with Crippen molar-refractivity contribution in [2.75, 3.05) is 11.9 Å². The normalized spacial score (nSPS) is 10.6. The van der Waals surface area contributed by atoms with Gasteiger partial charge in [-0.15, -0.1) is 0 Å². The van der Waals surface area contributed by atoms with Gasteiger partial charge in [-0.2, -0.15) is 15.0 Å². The predicted octanol–water partition coefficient (Wildman–Crippen LogP) is 2.30. The molecule has 6 nitrogen and oxygen atoms in total. The van der Waals surface area contributed by atoms with Crippen molar-refractivity contribution in [2.24, 2.45) is 0 Å². The van der Waals surface area contributed by atoms with E-state index in [1.807, 2.05) is 6.92 Å². The maximum absolute atomic E-state index is 13.4. The third-order valence-corrected chi connectivity index (χ3v) is 2.78. The molecule has 0 aliphatic carbocycles. The average molecular weight is 284 g/mol. The highest BCUT2D eigenvalue weighted by atomic mass is 19.1. The molecule has 0 aliphatic heterocycles. The monoisotopic (exact) mass is 284 g/mol. The number of rotatable bonds is 4. The molecule has 0 aliphatic rings. The van der Waals surface area contributed by atoms with Crippen LogP contribution in [-0.2, 0) is 0 Å². The molecule has 21 heavy (non-hydrogen) atoms. The van der Waals surface area contributed by atoms with Crippen molar-refractivity contribution in [3.05, 3.63) is 48.8 Å². The molecule has 7 heteroatoms. The topological polar surface area (TPSA) is 68.5 Å². The molecular weight excluding hydrogens is 271 g/mol. The van der Waals surface area contributed by atoms with Crippen LogP contribution >= 0.6 is 0 Å². The third-order valence-electron chi connectivity index (χ3n) is 2.78. The highest BCUT2D eigenvalue weighted by molar-refractivity contribution is 5.56. The Morgan fingerprint density at radius 3 is 2.86 bits per heavy atom.